The Morgan fingerprint density at radius 1 is 1.03 bits per heavy atom. The van der Waals surface area contributed by atoms with Crippen LogP contribution in [0.2, 0.25) is 0 Å². The highest BCUT2D eigenvalue weighted by Crippen LogP contribution is 2.20. The first-order valence-electron chi connectivity index (χ1n) is 10.6. The number of fused-ring (bicyclic) bond motifs is 1. The molecule has 1 fully saturated rings. The van der Waals surface area contributed by atoms with Crippen molar-refractivity contribution in [3.05, 3.63) is 41.0 Å². The van der Waals surface area contributed by atoms with Crippen molar-refractivity contribution in [3.8, 4) is 0 Å². The Balaban J connectivity index is 1.39. The third-order valence-electron chi connectivity index (χ3n) is 6.05. The minimum absolute atomic E-state index is 0.115. The van der Waals surface area contributed by atoms with Gasteiger partial charge < -0.3 is 9.47 Å². The number of hydrogen-bond acceptors (Lipinski definition) is 6. The molecule has 0 saturated carbocycles. The fourth-order valence-corrected chi connectivity index (χ4v) is 5.28. The topological polar surface area (TPSA) is 88.4 Å². The van der Waals surface area contributed by atoms with E-state index in [9.17, 15) is 13.2 Å². The van der Waals surface area contributed by atoms with Gasteiger partial charge in [0.2, 0.25) is 0 Å². The van der Waals surface area contributed by atoms with E-state index in [-0.39, 0.29) is 10.8 Å². The van der Waals surface area contributed by atoms with Crippen molar-refractivity contribution in [1.29, 1.82) is 0 Å². The Bertz CT molecular complexity index is 1040. The number of amides is 1. The van der Waals surface area contributed by atoms with Gasteiger partial charge in [-0.25, -0.2) is 8.42 Å². The molecule has 1 aromatic carbocycles. The molecule has 0 radical (unpaired) electrons. The van der Waals surface area contributed by atoms with Crippen LogP contribution in [0, 0.1) is 6.92 Å². The molecule has 3 heterocycles. The van der Waals surface area contributed by atoms with Crippen molar-refractivity contribution in [3.63, 3.8) is 0 Å². The second kappa shape index (κ2) is 8.47. The lowest BCUT2D eigenvalue weighted by molar-refractivity contribution is 0.0623. The Kier molecular flexibility index (Phi) is 5.92. The molecule has 0 N–H and O–H groups in total. The molecule has 2 aliphatic heterocycles. The van der Waals surface area contributed by atoms with E-state index in [0.29, 0.717) is 24.2 Å². The highest BCUT2D eigenvalue weighted by atomic mass is 32.2. The average Bonchev–Trinajstić information content (AvgIpc) is 2.94. The third kappa shape index (κ3) is 4.41. The summed E-state index contributed by atoms with van der Waals surface area (Å²) in [5.41, 5.74) is 1.09. The van der Waals surface area contributed by atoms with Crippen molar-refractivity contribution < 1.29 is 13.2 Å². The minimum Gasteiger partial charge on any atom is -0.336 e. The molecule has 0 spiro atoms. The largest absolute Gasteiger partial charge is 0.336 e. The van der Waals surface area contributed by atoms with Crippen LogP contribution in [0.1, 0.15) is 46.8 Å². The van der Waals surface area contributed by atoms with Crippen LogP contribution in [-0.4, -0.2) is 71.3 Å². The standard InChI is InChI=1S/C21H29N5O3S/c1-16-7-8-17(14-18(16)30(2,28)29)21(27)25-12-10-24(11-13-25)15-20-23-22-19-6-4-3-5-9-26(19)20/h7-8,14H,3-6,9-13,15H2,1-2H3. The van der Waals surface area contributed by atoms with Gasteiger partial charge in [0.05, 0.1) is 11.4 Å². The number of piperazine rings is 1. The number of carbonyl (C=O) groups is 1. The second-order valence-electron chi connectivity index (χ2n) is 8.32. The molecule has 30 heavy (non-hydrogen) atoms. The van der Waals surface area contributed by atoms with Crippen LogP contribution in [0.25, 0.3) is 0 Å². The number of aromatic nitrogens is 3. The van der Waals surface area contributed by atoms with E-state index < -0.39 is 9.84 Å². The third-order valence-corrected chi connectivity index (χ3v) is 7.28. The first-order valence-corrected chi connectivity index (χ1v) is 12.5. The van der Waals surface area contributed by atoms with Gasteiger partial charge in [-0.15, -0.1) is 10.2 Å². The molecule has 9 heteroatoms. The lowest BCUT2D eigenvalue weighted by atomic mass is 10.1. The van der Waals surface area contributed by atoms with Gasteiger partial charge in [0.15, 0.2) is 9.84 Å². The zero-order valence-corrected chi connectivity index (χ0v) is 18.5. The van der Waals surface area contributed by atoms with Gasteiger partial charge in [-0.2, -0.15) is 0 Å². The molecule has 1 saturated heterocycles. The Labute approximate surface area is 177 Å². The molecule has 2 aliphatic rings. The number of nitrogens with zero attached hydrogens (tertiary/aromatic N) is 5. The molecule has 0 atom stereocenters. The van der Waals surface area contributed by atoms with Crippen LogP contribution in [0.5, 0.6) is 0 Å². The van der Waals surface area contributed by atoms with E-state index in [1.165, 1.54) is 31.6 Å². The first-order chi connectivity index (χ1) is 14.3. The SMILES string of the molecule is Cc1ccc(C(=O)N2CCN(Cc3nnc4n3CCCCC4)CC2)cc1S(C)(=O)=O. The average molecular weight is 432 g/mol. The number of sulfone groups is 1. The predicted molar refractivity (Wildman–Crippen MR) is 113 cm³/mol. The number of rotatable bonds is 4. The summed E-state index contributed by atoms with van der Waals surface area (Å²) < 4.78 is 26.2. The molecule has 0 unspecified atom stereocenters. The van der Waals surface area contributed by atoms with E-state index >= 15 is 0 Å². The lowest BCUT2D eigenvalue weighted by Gasteiger charge is -2.34. The maximum atomic E-state index is 12.9. The van der Waals surface area contributed by atoms with E-state index in [0.717, 1.165) is 44.2 Å². The summed E-state index contributed by atoms with van der Waals surface area (Å²) in [5, 5.41) is 8.78. The summed E-state index contributed by atoms with van der Waals surface area (Å²) in [6.45, 7) is 6.24. The zero-order chi connectivity index (χ0) is 21.3. The van der Waals surface area contributed by atoms with Crippen LogP contribution in [0.3, 0.4) is 0 Å². The van der Waals surface area contributed by atoms with Gasteiger partial charge in [0.25, 0.3) is 5.91 Å². The van der Waals surface area contributed by atoms with Crippen molar-refractivity contribution in [2.45, 2.75) is 50.6 Å². The van der Waals surface area contributed by atoms with Gasteiger partial charge in [0.1, 0.15) is 11.6 Å². The number of hydrogen-bond donors (Lipinski definition) is 0. The van der Waals surface area contributed by atoms with Gasteiger partial charge in [-0.1, -0.05) is 12.5 Å². The Morgan fingerprint density at radius 2 is 1.80 bits per heavy atom. The monoisotopic (exact) mass is 431 g/mol. The van der Waals surface area contributed by atoms with Crippen molar-refractivity contribution >= 4 is 15.7 Å². The zero-order valence-electron chi connectivity index (χ0n) is 17.7. The van der Waals surface area contributed by atoms with E-state index in [1.54, 1.807) is 24.0 Å². The van der Waals surface area contributed by atoms with Crippen LogP contribution in [0.4, 0.5) is 0 Å². The quantitative estimate of drug-likeness (QED) is 0.732. The highest BCUT2D eigenvalue weighted by molar-refractivity contribution is 7.90. The summed E-state index contributed by atoms with van der Waals surface area (Å²) in [7, 11) is -3.36. The van der Waals surface area contributed by atoms with Crippen molar-refractivity contribution in [2.75, 3.05) is 32.4 Å². The molecule has 0 aliphatic carbocycles. The van der Waals surface area contributed by atoms with Crippen LogP contribution >= 0.6 is 0 Å². The number of aryl methyl sites for hydroxylation is 2. The van der Waals surface area contributed by atoms with Crippen LogP contribution < -0.4 is 0 Å². The highest BCUT2D eigenvalue weighted by Gasteiger charge is 2.25. The molecule has 1 amide bonds. The van der Waals surface area contributed by atoms with Gasteiger partial charge in [-0.3, -0.25) is 9.69 Å². The normalized spacial score (nSPS) is 18.1. The Hall–Kier alpha value is -2.26. The Morgan fingerprint density at radius 3 is 2.53 bits per heavy atom. The fourth-order valence-electron chi connectivity index (χ4n) is 4.29. The van der Waals surface area contributed by atoms with Crippen molar-refractivity contribution in [1.82, 2.24) is 24.6 Å². The summed E-state index contributed by atoms with van der Waals surface area (Å²) in [5.74, 6) is 2.00. The van der Waals surface area contributed by atoms with Gasteiger partial charge >= 0.3 is 0 Å². The van der Waals surface area contributed by atoms with Crippen LogP contribution in [0.15, 0.2) is 23.1 Å². The number of benzene rings is 1. The summed E-state index contributed by atoms with van der Waals surface area (Å²) in [6.07, 6.45) is 5.77. The molecule has 1 aromatic heterocycles. The minimum atomic E-state index is -3.36. The second-order valence-corrected chi connectivity index (χ2v) is 10.3. The maximum absolute atomic E-state index is 12.9. The maximum Gasteiger partial charge on any atom is 0.253 e. The van der Waals surface area contributed by atoms with E-state index in [1.807, 2.05) is 0 Å². The predicted octanol–water partition coefficient (Wildman–Crippen LogP) is 1.67. The molecular formula is C21H29N5O3S. The fraction of sp³-hybridized carbons (Fsp3) is 0.571. The molecule has 162 valence electrons. The lowest BCUT2D eigenvalue weighted by Crippen LogP contribution is -2.48. The number of carbonyl (C=O) groups excluding carboxylic acids is 1. The first kappa shape index (κ1) is 21.0. The molecule has 0 bridgehead atoms. The molecule has 4 rings (SSSR count). The van der Waals surface area contributed by atoms with Crippen LogP contribution in [-0.2, 0) is 29.3 Å². The van der Waals surface area contributed by atoms with Crippen molar-refractivity contribution in [2.24, 2.45) is 0 Å². The molecule has 2 aromatic rings. The molecular weight excluding hydrogens is 402 g/mol. The van der Waals surface area contributed by atoms with E-state index in [2.05, 4.69) is 19.7 Å². The van der Waals surface area contributed by atoms with Gasteiger partial charge in [0, 0.05) is 51.0 Å². The van der Waals surface area contributed by atoms with E-state index in [4.69, 9.17) is 0 Å². The summed E-state index contributed by atoms with van der Waals surface area (Å²) in [6, 6.07) is 4.92. The van der Waals surface area contributed by atoms with Gasteiger partial charge in [-0.05, 0) is 37.5 Å². The summed E-state index contributed by atoms with van der Waals surface area (Å²) in [4.78, 5) is 17.3. The smallest absolute Gasteiger partial charge is 0.253 e. The molecule has 8 nitrogen and oxygen atoms in total. The summed E-state index contributed by atoms with van der Waals surface area (Å²) >= 11 is 0.